The van der Waals surface area contributed by atoms with E-state index in [-0.39, 0.29) is 23.0 Å². The highest BCUT2D eigenvalue weighted by Crippen LogP contribution is 2.36. The molecule has 9 nitrogen and oxygen atoms in total. The summed E-state index contributed by atoms with van der Waals surface area (Å²) in [6.45, 7) is 6.54. The zero-order valence-corrected chi connectivity index (χ0v) is 26.8. The number of halogens is 1. The van der Waals surface area contributed by atoms with Gasteiger partial charge in [0.25, 0.3) is 5.91 Å². The van der Waals surface area contributed by atoms with Crippen LogP contribution in [0.5, 0.6) is 23.0 Å². The Labute approximate surface area is 265 Å². The summed E-state index contributed by atoms with van der Waals surface area (Å²) in [7, 11) is -4.09. The zero-order valence-electron chi connectivity index (χ0n) is 23.9. The molecule has 0 fully saturated rings. The first-order valence-corrected chi connectivity index (χ1v) is 15.9. The summed E-state index contributed by atoms with van der Waals surface area (Å²) in [6.07, 6.45) is 1.43. The van der Waals surface area contributed by atoms with Gasteiger partial charge in [0.1, 0.15) is 11.5 Å². The second-order valence-electron chi connectivity index (χ2n) is 9.18. The second kappa shape index (κ2) is 14.9. The number of amides is 1. The molecule has 0 aliphatic carbocycles. The molecule has 43 heavy (non-hydrogen) atoms. The molecule has 0 aliphatic rings. The molecule has 0 aromatic heterocycles. The molecule has 1 amide bonds. The van der Waals surface area contributed by atoms with Crippen LogP contribution < -0.4 is 23.8 Å². The molecule has 0 atom stereocenters. The van der Waals surface area contributed by atoms with E-state index >= 15 is 0 Å². The Morgan fingerprint density at radius 1 is 0.860 bits per heavy atom. The van der Waals surface area contributed by atoms with Gasteiger partial charge in [-0.05, 0) is 97.0 Å². The Kier molecular flexibility index (Phi) is 11.0. The van der Waals surface area contributed by atoms with E-state index in [4.69, 9.17) is 18.4 Å². The Morgan fingerprint density at radius 2 is 1.56 bits per heavy atom. The van der Waals surface area contributed by atoms with Gasteiger partial charge in [-0.3, -0.25) is 4.79 Å². The Morgan fingerprint density at radius 3 is 2.26 bits per heavy atom. The summed E-state index contributed by atoms with van der Waals surface area (Å²) < 4.78 is 49.1. The average Bonchev–Trinajstić information content (AvgIpc) is 2.99. The van der Waals surface area contributed by atoms with Crippen LogP contribution in [-0.2, 0) is 16.7 Å². The van der Waals surface area contributed by atoms with E-state index in [0.29, 0.717) is 39.4 Å². The van der Waals surface area contributed by atoms with Crippen LogP contribution in [0, 0.1) is 10.5 Å². The van der Waals surface area contributed by atoms with Crippen molar-refractivity contribution in [3.8, 4) is 23.0 Å². The molecule has 0 spiro atoms. The van der Waals surface area contributed by atoms with Gasteiger partial charge in [-0.15, -0.1) is 0 Å². The third kappa shape index (κ3) is 8.71. The first-order chi connectivity index (χ1) is 20.7. The lowest BCUT2D eigenvalue weighted by atomic mass is 10.2. The monoisotopic (exact) mass is 714 g/mol. The van der Waals surface area contributed by atoms with Crippen LogP contribution in [0.4, 0.5) is 0 Å². The Hall–Kier alpha value is -4.10. The zero-order chi connectivity index (χ0) is 30.8. The third-order valence-corrected chi connectivity index (χ3v) is 7.99. The number of aryl methyl sites for hydroxylation is 1. The van der Waals surface area contributed by atoms with E-state index in [1.54, 1.807) is 49.4 Å². The number of rotatable bonds is 13. The van der Waals surface area contributed by atoms with Gasteiger partial charge in [-0.25, -0.2) is 5.43 Å². The lowest BCUT2D eigenvalue weighted by Gasteiger charge is -2.14. The van der Waals surface area contributed by atoms with Crippen molar-refractivity contribution in [2.75, 3.05) is 13.2 Å². The van der Waals surface area contributed by atoms with Gasteiger partial charge in [0.05, 0.1) is 23.0 Å². The minimum Gasteiger partial charge on any atom is -0.490 e. The van der Waals surface area contributed by atoms with E-state index in [1.165, 1.54) is 18.3 Å². The van der Waals surface area contributed by atoms with Crippen LogP contribution in [0.3, 0.4) is 0 Å². The first-order valence-electron chi connectivity index (χ1n) is 13.4. The lowest BCUT2D eigenvalue weighted by molar-refractivity contribution is 0.0954. The van der Waals surface area contributed by atoms with Crippen LogP contribution >= 0.6 is 22.6 Å². The number of hydrogen-bond acceptors (Lipinski definition) is 8. The molecule has 11 heteroatoms. The maximum Gasteiger partial charge on any atom is 0.339 e. The topological polar surface area (TPSA) is 113 Å². The quantitative estimate of drug-likeness (QED) is 0.0728. The van der Waals surface area contributed by atoms with Crippen molar-refractivity contribution >= 4 is 44.8 Å². The molecule has 0 aliphatic heterocycles. The van der Waals surface area contributed by atoms with Crippen molar-refractivity contribution in [3.63, 3.8) is 0 Å². The van der Waals surface area contributed by atoms with Crippen LogP contribution in [0.2, 0.25) is 0 Å². The molecule has 4 aromatic rings. The third-order valence-electron chi connectivity index (χ3n) is 5.96. The summed E-state index contributed by atoms with van der Waals surface area (Å²) in [5.74, 6) is 0.820. The standard InChI is InChI=1S/C32H31IN2O7S/c1-4-39-29-19-25(13-16-28(29)41-21-23-9-7-6-8-10-23)32(36)35-34-20-24-17-27(33)31(30(18-24)40-5-2)42-43(37,38)26-14-11-22(3)12-15-26/h6-20H,4-5,21H2,1-3H3,(H,35,36)/b34-20+. The predicted molar refractivity (Wildman–Crippen MR) is 173 cm³/mol. The molecule has 0 saturated heterocycles. The van der Waals surface area contributed by atoms with Gasteiger partial charge in [0.2, 0.25) is 0 Å². The molecule has 4 aromatic carbocycles. The van der Waals surface area contributed by atoms with Gasteiger partial charge >= 0.3 is 10.1 Å². The van der Waals surface area contributed by atoms with Crippen LogP contribution in [-0.4, -0.2) is 33.8 Å². The van der Waals surface area contributed by atoms with E-state index < -0.39 is 16.0 Å². The maximum atomic E-state index is 12.9. The van der Waals surface area contributed by atoms with Gasteiger partial charge < -0.3 is 18.4 Å². The van der Waals surface area contributed by atoms with Gasteiger partial charge in [-0.1, -0.05) is 48.0 Å². The fourth-order valence-electron chi connectivity index (χ4n) is 3.87. The highest BCUT2D eigenvalue weighted by molar-refractivity contribution is 14.1. The predicted octanol–water partition coefficient (Wildman–Crippen LogP) is 6.51. The van der Waals surface area contributed by atoms with Crippen molar-refractivity contribution in [1.82, 2.24) is 5.43 Å². The lowest BCUT2D eigenvalue weighted by Crippen LogP contribution is -2.18. The largest absolute Gasteiger partial charge is 0.490 e. The Bertz CT molecular complexity index is 1690. The minimum atomic E-state index is -4.09. The fourth-order valence-corrected chi connectivity index (χ4v) is 5.71. The number of nitrogens with one attached hydrogen (secondary N) is 1. The second-order valence-corrected chi connectivity index (χ2v) is 11.9. The van der Waals surface area contributed by atoms with Crippen molar-refractivity contribution in [1.29, 1.82) is 0 Å². The number of carbonyl (C=O) groups is 1. The number of hydrazone groups is 1. The smallest absolute Gasteiger partial charge is 0.339 e. The van der Waals surface area contributed by atoms with Crippen molar-refractivity contribution in [2.24, 2.45) is 5.10 Å². The van der Waals surface area contributed by atoms with E-state index in [2.05, 4.69) is 10.5 Å². The Balaban J connectivity index is 1.47. The molecule has 0 heterocycles. The van der Waals surface area contributed by atoms with E-state index in [0.717, 1.165) is 11.1 Å². The summed E-state index contributed by atoms with van der Waals surface area (Å²) in [5, 5.41) is 4.08. The molecule has 1 N–H and O–H groups in total. The number of hydrogen-bond donors (Lipinski definition) is 1. The molecule has 4 rings (SSSR count). The highest BCUT2D eigenvalue weighted by Gasteiger charge is 2.22. The van der Waals surface area contributed by atoms with E-state index in [9.17, 15) is 13.2 Å². The average molecular weight is 715 g/mol. The van der Waals surface area contributed by atoms with Crippen LogP contribution in [0.25, 0.3) is 0 Å². The molecule has 0 radical (unpaired) electrons. The number of carbonyl (C=O) groups excluding carboxylic acids is 1. The normalized spacial score (nSPS) is 11.3. The van der Waals surface area contributed by atoms with Crippen molar-refractivity contribution < 1.29 is 31.6 Å². The molecule has 0 bridgehead atoms. The summed E-state index contributed by atoms with van der Waals surface area (Å²) >= 11 is 1.97. The number of nitrogens with zero attached hydrogens (tertiary/aromatic N) is 1. The van der Waals surface area contributed by atoms with Crippen molar-refractivity contribution in [2.45, 2.75) is 32.3 Å². The van der Waals surface area contributed by atoms with Crippen LogP contribution in [0.1, 0.15) is 40.9 Å². The first kappa shape index (κ1) is 31.8. The molecule has 224 valence electrons. The summed E-state index contributed by atoms with van der Waals surface area (Å²) in [4.78, 5) is 12.9. The maximum absolute atomic E-state index is 12.9. The van der Waals surface area contributed by atoms with E-state index in [1.807, 2.05) is 66.8 Å². The van der Waals surface area contributed by atoms with Gasteiger partial charge in [0, 0.05) is 5.56 Å². The van der Waals surface area contributed by atoms with Crippen LogP contribution in [0.15, 0.2) is 94.9 Å². The van der Waals surface area contributed by atoms with Gasteiger partial charge in [0.15, 0.2) is 23.0 Å². The van der Waals surface area contributed by atoms with Crippen molar-refractivity contribution in [3.05, 3.63) is 111 Å². The highest BCUT2D eigenvalue weighted by atomic mass is 127. The SMILES string of the molecule is CCOc1cc(C(=O)N/N=C/c2cc(I)c(OS(=O)(=O)c3ccc(C)cc3)c(OCC)c2)ccc1OCc1ccccc1. The molecule has 0 saturated carbocycles. The molecule has 0 unspecified atom stereocenters. The number of benzene rings is 4. The fraction of sp³-hybridized carbons (Fsp3) is 0.188. The molecular weight excluding hydrogens is 683 g/mol. The molecular formula is C32H31IN2O7S. The summed E-state index contributed by atoms with van der Waals surface area (Å²) in [6, 6.07) is 24.3. The van der Waals surface area contributed by atoms with Gasteiger partial charge in [-0.2, -0.15) is 13.5 Å². The number of ether oxygens (including phenoxy) is 3. The minimum absolute atomic E-state index is 0.0352. The summed E-state index contributed by atoms with van der Waals surface area (Å²) in [5.41, 5.74) is 5.35.